The number of methoxy groups -OCH3 is 1. The Labute approximate surface area is 147 Å². The van der Waals surface area contributed by atoms with Crippen LogP contribution in [0.2, 0.25) is 0 Å². The molecule has 6 heteroatoms. The number of ether oxygens (including phenoxy) is 2. The van der Waals surface area contributed by atoms with Crippen molar-refractivity contribution in [1.82, 2.24) is 10.6 Å². The van der Waals surface area contributed by atoms with E-state index in [1.165, 1.54) is 0 Å². The van der Waals surface area contributed by atoms with E-state index in [4.69, 9.17) is 9.47 Å². The largest absolute Gasteiger partial charge is 0.497 e. The van der Waals surface area contributed by atoms with E-state index in [2.05, 4.69) is 17.6 Å². The van der Waals surface area contributed by atoms with Crippen molar-refractivity contribution >= 4 is 12.0 Å². The molecule has 0 unspecified atom stereocenters. The van der Waals surface area contributed by atoms with Crippen LogP contribution in [0.3, 0.4) is 0 Å². The molecular weight excluding hydrogens is 320 g/mol. The molecule has 1 aromatic rings. The number of amides is 2. The molecule has 1 heterocycles. The molecule has 1 saturated carbocycles. The summed E-state index contributed by atoms with van der Waals surface area (Å²) in [5, 5.41) is 5.49. The number of allylic oxidation sites excluding steroid dienone is 1. The van der Waals surface area contributed by atoms with Gasteiger partial charge in [0, 0.05) is 5.70 Å². The normalized spacial score (nSPS) is 26.0. The fraction of sp³-hybridized carbons (Fsp3) is 0.474. The lowest BCUT2D eigenvalue weighted by Gasteiger charge is -2.29. The highest BCUT2D eigenvalue weighted by Gasteiger charge is 2.35. The van der Waals surface area contributed by atoms with E-state index in [9.17, 15) is 9.59 Å². The second-order valence-corrected chi connectivity index (χ2v) is 6.70. The number of carbonyl (C=O) groups excluding carboxylic acids is 2. The van der Waals surface area contributed by atoms with Crippen LogP contribution in [0.25, 0.3) is 0 Å². The van der Waals surface area contributed by atoms with Gasteiger partial charge in [0.25, 0.3) is 0 Å². The Bertz CT molecular complexity index is 696. The number of nitrogens with one attached hydrogen (secondary N) is 2. The van der Waals surface area contributed by atoms with E-state index in [-0.39, 0.29) is 18.1 Å². The van der Waals surface area contributed by atoms with Crippen molar-refractivity contribution in [1.29, 1.82) is 0 Å². The Morgan fingerprint density at radius 1 is 1.20 bits per heavy atom. The number of urea groups is 1. The summed E-state index contributed by atoms with van der Waals surface area (Å²) in [6, 6.07) is 6.43. The van der Waals surface area contributed by atoms with Gasteiger partial charge in [0.1, 0.15) is 11.9 Å². The lowest BCUT2D eigenvalue weighted by molar-refractivity contribution is -0.146. The number of benzene rings is 1. The third-order valence-electron chi connectivity index (χ3n) is 4.98. The van der Waals surface area contributed by atoms with Gasteiger partial charge >= 0.3 is 12.0 Å². The molecule has 1 aliphatic carbocycles. The maximum absolute atomic E-state index is 12.8. The van der Waals surface area contributed by atoms with Crippen molar-refractivity contribution in [2.45, 2.75) is 45.3 Å². The highest BCUT2D eigenvalue weighted by Crippen LogP contribution is 2.32. The molecule has 25 heavy (non-hydrogen) atoms. The van der Waals surface area contributed by atoms with Crippen LogP contribution >= 0.6 is 0 Å². The van der Waals surface area contributed by atoms with E-state index in [0.717, 1.165) is 24.8 Å². The molecule has 1 fully saturated rings. The SMILES string of the molecule is COc1ccc([C@H]2NC(=O)NC(C)=C2C(=O)O[C@@H]2CCC[C@@H]2C)cc1. The minimum atomic E-state index is -0.538. The lowest BCUT2D eigenvalue weighted by Crippen LogP contribution is -2.45. The van der Waals surface area contributed by atoms with Gasteiger partial charge in [0.2, 0.25) is 0 Å². The van der Waals surface area contributed by atoms with Gasteiger partial charge in [-0.2, -0.15) is 0 Å². The third kappa shape index (κ3) is 3.62. The summed E-state index contributed by atoms with van der Waals surface area (Å²) in [5.41, 5.74) is 1.78. The molecule has 3 rings (SSSR count). The van der Waals surface area contributed by atoms with Gasteiger partial charge in [0.15, 0.2) is 0 Å². The topological polar surface area (TPSA) is 76.7 Å². The average Bonchev–Trinajstić information content (AvgIpc) is 2.99. The molecule has 0 bridgehead atoms. The van der Waals surface area contributed by atoms with Crippen LogP contribution in [0, 0.1) is 5.92 Å². The highest BCUT2D eigenvalue weighted by atomic mass is 16.5. The Kier molecular flexibility index (Phi) is 4.97. The van der Waals surface area contributed by atoms with Gasteiger partial charge in [-0.05, 0) is 49.8 Å². The van der Waals surface area contributed by atoms with E-state index >= 15 is 0 Å². The van der Waals surface area contributed by atoms with Crippen molar-refractivity contribution < 1.29 is 19.1 Å². The number of hydrogen-bond donors (Lipinski definition) is 2. The minimum Gasteiger partial charge on any atom is -0.497 e. The van der Waals surface area contributed by atoms with Gasteiger partial charge in [-0.25, -0.2) is 9.59 Å². The van der Waals surface area contributed by atoms with Crippen LogP contribution in [0.1, 0.15) is 44.7 Å². The molecule has 0 saturated heterocycles. The van der Waals surface area contributed by atoms with Crippen LogP contribution in [0.15, 0.2) is 35.5 Å². The van der Waals surface area contributed by atoms with Crippen LogP contribution in [0.4, 0.5) is 4.79 Å². The molecule has 1 aliphatic heterocycles. The van der Waals surface area contributed by atoms with Crippen molar-refractivity contribution in [3.05, 3.63) is 41.1 Å². The predicted molar refractivity (Wildman–Crippen MR) is 93.0 cm³/mol. The fourth-order valence-corrected chi connectivity index (χ4v) is 3.50. The van der Waals surface area contributed by atoms with Crippen molar-refractivity contribution in [3.63, 3.8) is 0 Å². The monoisotopic (exact) mass is 344 g/mol. The zero-order valence-corrected chi connectivity index (χ0v) is 14.8. The fourth-order valence-electron chi connectivity index (χ4n) is 3.50. The van der Waals surface area contributed by atoms with Crippen LogP contribution < -0.4 is 15.4 Å². The number of carbonyl (C=O) groups is 2. The molecule has 0 spiro atoms. The van der Waals surface area contributed by atoms with Crippen molar-refractivity contribution in [2.75, 3.05) is 7.11 Å². The first-order valence-electron chi connectivity index (χ1n) is 8.63. The second-order valence-electron chi connectivity index (χ2n) is 6.70. The average molecular weight is 344 g/mol. The number of hydrogen-bond acceptors (Lipinski definition) is 4. The summed E-state index contributed by atoms with van der Waals surface area (Å²) in [7, 11) is 1.59. The first-order valence-corrected chi connectivity index (χ1v) is 8.63. The molecule has 2 N–H and O–H groups in total. The van der Waals surface area contributed by atoms with Crippen molar-refractivity contribution in [2.24, 2.45) is 5.92 Å². The molecule has 1 aromatic carbocycles. The third-order valence-corrected chi connectivity index (χ3v) is 4.98. The van der Waals surface area contributed by atoms with Crippen LogP contribution in [0.5, 0.6) is 5.75 Å². The highest BCUT2D eigenvalue weighted by molar-refractivity contribution is 5.95. The van der Waals surface area contributed by atoms with Gasteiger partial charge < -0.3 is 20.1 Å². The molecule has 0 radical (unpaired) electrons. The molecule has 0 aromatic heterocycles. The standard InChI is InChI=1S/C19H24N2O4/c1-11-5-4-6-15(11)25-18(22)16-12(2)20-19(23)21-17(16)13-7-9-14(24-3)10-8-13/h7-11,15,17H,4-6H2,1-3H3,(H2,20,21,23)/t11-,15+,17+/m0/s1. The van der Waals surface area contributed by atoms with Gasteiger partial charge in [-0.3, -0.25) is 0 Å². The summed E-state index contributed by atoms with van der Waals surface area (Å²) in [5.74, 6) is 0.716. The van der Waals surface area contributed by atoms with Crippen molar-refractivity contribution in [3.8, 4) is 5.75 Å². The van der Waals surface area contributed by atoms with E-state index < -0.39 is 6.04 Å². The van der Waals surface area contributed by atoms with Crippen LogP contribution in [-0.2, 0) is 9.53 Å². The maximum Gasteiger partial charge on any atom is 0.338 e. The summed E-state index contributed by atoms with van der Waals surface area (Å²) in [6.07, 6.45) is 2.99. The number of rotatable bonds is 4. The Morgan fingerprint density at radius 2 is 1.92 bits per heavy atom. The molecule has 3 atom stereocenters. The zero-order valence-electron chi connectivity index (χ0n) is 14.8. The predicted octanol–water partition coefficient (Wildman–Crippen LogP) is 3.05. The lowest BCUT2D eigenvalue weighted by atomic mass is 9.95. The number of esters is 1. The summed E-state index contributed by atoms with van der Waals surface area (Å²) in [6.45, 7) is 3.83. The molecule has 134 valence electrons. The Morgan fingerprint density at radius 3 is 2.52 bits per heavy atom. The van der Waals surface area contributed by atoms with Crippen LogP contribution in [-0.4, -0.2) is 25.2 Å². The van der Waals surface area contributed by atoms with Gasteiger partial charge in [-0.15, -0.1) is 0 Å². The quantitative estimate of drug-likeness (QED) is 0.823. The molecule has 2 amide bonds. The Balaban J connectivity index is 1.87. The Hall–Kier alpha value is -2.50. The first-order chi connectivity index (χ1) is 12.0. The minimum absolute atomic E-state index is 0.0538. The molecule has 2 aliphatic rings. The maximum atomic E-state index is 12.8. The summed E-state index contributed by atoms with van der Waals surface area (Å²) < 4.78 is 10.9. The van der Waals surface area contributed by atoms with E-state index in [1.807, 2.05) is 12.1 Å². The smallest absolute Gasteiger partial charge is 0.338 e. The molecule has 6 nitrogen and oxygen atoms in total. The summed E-state index contributed by atoms with van der Waals surface area (Å²) >= 11 is 0. The van der Waals surface area contributed by atoms with Gasteiger partial charge in [-0.1, -0.05) is 19.1 Å². The van der Waals surface area contributed by atoms with Gasteiger partial charge in [0.05, 0.1) is 18.7 Å². The van der Waals surface area contributed by atoms with E-state index in [0.29, 0.717) is 22.9 Å². The zero-order chi connectivity index (χ0) is 18.0. The second kappa shape index (κ2) is 7.17. The first kappa shape index (κ1) is 17.3. The molecular formula is C19H24N2O4. The summed E-state index contributed by atoms with van der Waals surface area (Å²) in [4.78, 5) is 24.7. The van der Waals surface area contributed by atoms with E-state index in [1.54, 1.807) is 26.2 Å².